The van der Waals surface area contributed by atoms with Gasteiger partial charge >= 0.3 is 5.97 Å². The van der Waals surface area contributed by atoms with Crippen LogP contribution in [-0.2, 0) is 6.54 Å². The highest BCUT2D eigenvalue weighted by molar-refractivity contribution is 9.10. The molecule has 0 fully saturated rings. The zero-order valence-corrected chi connectivity index (χ0v) is 13.1. The van der Waals surface area contributed by atoms with Crippen LogP contribution >= 0.6 is 15.9 Å². The zero-order valence-electron chi connectivity index (χ0n) is 11.6. The number of rotatable bonds is 4. The molecule has 0 radical (unpaired) electrons. The van der Waals surface area contributed by atoms with Crippen LogP contribution in [0.4, 0.5) is 4.39 Å². The molecule has 114 valence electrons. The molecule has 0 bridgehead atoms. The fourth-order valence-corrected chi connectivity index (χ4v) is 2.32. The van der Waals surface area contributed by atoms with E-state index in [0.29, 0.717) is 10.2 Å². The van der Waals surface area contributed by atoms with E-state index in [2.05, 4.69) is 26.2 Å². The first-order valence-corrected chi connectivity index (χ1v) is 7.10. The number of carbonyl (C=O) groups is 2. The van der Waals surface area contributed by atoms with Crippen molar-refractivity contribution in [3.05, 3.63) is 63.1 Å². The molecule has 2 N–H and O–H groups in total. The number of carboxylic acids is 1. The first-order valence-electron chi connectivity index (χ1n) is 6.31. The Hall–Kier alpha value is -2.28. The van der Waals surface area contributed by atoms with E-state index in [1.54, 1.807) is 19.1 Å². The molecule has 2 rings (SSSR count). The molecule has 0 unspecified atom stereocenters. The molecule has 5 nitrogen and oxygen atoms in total. The number of halogens is 2. The third kappa shape index (κ3) is 3.48. The summed E-state index contributed by atoms with van der Waals surface area (Å²) in [6.45, 7) is 1.74. The third-order valence-corrected chi connectivity index (χ3v) is 3.57. The van der Waals surface area contributed by atoms with E-state index in [9.17, 15) is 14.0 Å². The standard InChI is InChI=1S/C15H12BrFN2O3/c1-8-3-2-4-9(15(21)22)11(8)6-19-14(20)10-5-13(16)18-7-12(10)17/h2-5,7H,6H2,1H3,(H,19,20)(H,21,22). The van der Waals surface area contributed by atoms with E-state index in [0.717, 1.165) is 11.8 Å². The quantitative estimate of drug-likeness (QED) is 0.815. The van der Waals surface area contributed by atoms with E-state index < -0.39 is 17.7 Å². The second-order valence-corrected chi connectivity index (χ2v) is 5.39. The minimum absolute atomic E-state index is 0.00742. The molecule has 0 aliphatic carbocycles. The Morgan fingerprint density at radius 3 is 2.77 bits per heavy atom. The van der Waals surface area contributed by atoms with Gasteiger partial charge in [0.05, 0.1) is 17.3 Å². The lowest BCUT2D eigenvalue weighted by Gasteiger charge is -2.11. The first kappa shape index (κ1) is 16.1. The van der Waals surface area contributed by atoms with Gasteiger partial charge in [-0.25, -0.2) is 14.2 Å². The van der Waals surface area contributed by atoms with Gasteiger partial charge in [-0.3, -0.25) is 4.79 Å². The van der Waals surface area contributed by atoms with Crippen molar-refractivity contribution in [2.24, 2.45) is 0 Å². The number of nitrogens with one attached hydrogen (secondary N) is 1. The molecule has 0 aliphatic heterocycles. The molecule has 2 aromatic rings. The highest BCUT2D eigenvalue weighted by atomic mass is 79.9. The molecule has 0 saturated heterocycles. The molecule has 1 aromatic heterocycles. The average molecular weight is 367 g/mol. The molecule has 7 heteroatoms. The second kappa shape index (κ2) is 6.65. The summed E-state index contributed by atoms with van der Waals surface area (Å²) in [5, 5.41) is 11.7. The predicted octanol–water partition coefficient (Wildman–Crippen LogP) is 2.92. The van der Waals surface area contributed by atoms with Crippen LogP contribution in [0.15, 0.2) is 35.1 Å². The summed E-state index contributed by atoms with van der Waals surface area (Å²) in [5.41, 5.74) is 1.16. The van der Waals surface area contributed by atoms with Crippen molar-refractivity contribution >= 4 is 27.8 Å². The Kier molecular flexibility index (Phi) is 4.87. The summed E-state index contributed by atoms with van der Waals surface area (Å²) >= 11 is 3.07. The molecule has 0 spiro atoms. The number of aromatic carboxylic acids is 1. The first-order chi connectivity index (χ1) is 10.4. The summed E-state index contributed by atoms with van der Waals surface area (Å²) in [6, 6.07) is 6.10. The molecule has 0 saturated carbocycles. The number of aromatic nitrogens is 1. The largest absolute Gasteiger partial charge is 0.478 e. The van der Waals surface area contributed by atoms with E-state index in [1.807, 2.05) is 0 Å². The highest BCUT2D eigenvalue weighted by Crippen LogP contribution is 2.16. The number of nitrogens with zero attached hydrogens (tertiary/aromatic N) is 1. The molecule has 1 amide bonds. The van der Waals surface area contributed by atoms with E-state index in [-0.39, 0.29) is 17.7 Å². The van der Waals surface area contributed by atoms with E-state index in [4.69, 9.17) is 5.11 Å². The van der Waals surface area contributed by atoms with Crippen molar-refractivity contribution in [3.8, 4) is 0 Å². The maximum atomic E-state index is 13.6. The molecule has 1 heterocycles. The Morgan fingerprint density at radius 2 is 2.09 bits per heavy atom. The summed E-state index contributed by atoms with van der Waals surface area (Å²) in [6.07, 6.45) is 0.940. The lowest BCUT2D eigenvalue weighted by atomic mass is 10.0. The number of aryl methyl sites for hydroxylation is 1. The minimum atomic E-state index is -1.08. The fraction of sp³-hybridized carbons (Fsp3) is 0.133. The summed E-state index contributed by atoms with van der Waals surface area (Å²) < 4.78 is 13.9. The van der Waals surface area contributed by atoms with Gasteiger partial charge in [0, 0.05) is 6.54 Å². The average Bonchev–Trinajstić information content (AvgIpc) is 2.47. The van der Waals surface area contributed by atoms with Gasteiger partial charge in [0.1, 0.15) is 4.60 Å². The van der Waals surface area contributed by atoms with Gasteiger partial charge in [0.2, 0.25) is 0 Å². The molecule has 0 aliphatic rings. The molecule has 1 aromatic carbocycles. The van der Waals surface area contributed by atoms with Crippen LogP contribution in [0.1, 0.15) is 31.8 Å². The van der Waals surface area contributed by atoms with Crippen LogP contribution in [0.2, 0.25) is 0 Å². The van der Waals surface area contributed by atoms with E-state index in [1.165, 1.54) is 12.1 Å². The second-order valence-electron chi connectivity index (χ2n) is 4.58. The van der Waals surface area contributed by atoms with E-state index >= 15 is 0 Å². The minimum Gasteiger partial charge on any atom is -0.478 e. The number of carbonyl (C=O) groups excluding carboxylic acids is 1. The van der Waals surface area contributed by atoms with Gasteiger partial charge in [-0.15, -0.1) is 0 Å². The number of pyridine rings is 1. The van der Waals surface area contributed by atoms with Gasteiger partial charge in [-0.05, 0) is 46.1 Å². The van der Waals surface area contributed by atoms with Crippen molar-refractivity contribution in [3.63, 3.8) is 0 Å². The summed E-state index contributed by atoms with van der Waals surface area (Å²) in [7, 11) is 0. The summed E-state index contributed by atoms with van der Waals surface area (Å²) in [4.78, 5) is 26.9. The molecular formula is C15H12BrFN2O3. The zero-order chi connectivity index (χ0) is 16.3. The van der Waals surface area contributed by atoms with Gasteiger partial charge in [-0.2, -0.15) is 0 Å². The Bertz CT molecular complexity index is 750. The van der Waals surface area contributed by atoms with Crippen LogP contribution in [-0.4, -0.2) is 22.0 Å². The Morgan fingerprint density at radius 1 is 1.36 bits per heavy atom. The predicted molar refractivity (Wildman–Crippen MR) is 81.2 cm³/mol. The van der Waals surface area contributed by atoms with Crippen LogP contribution in [0, 0.1) is 12.7 Å². The maximum Gasteiger partial charge on any atom is 0.336 e. The molecule has 22 heavy (non-hydrogen) atoms. The number of hydrogen-bond acceptors (Lipinski definition) is 3. The van der Waals surface area contributed by atoms with Crippen molar-refractivity contribution in [1.82, 2.24) is 10.3 Å². The van der Waals surface area contributed by atoms with Gasteiger partial charge in [-0.1, -0.05) is 12.1 Å². The SMILES string of the molecule is Cc1cccc(C(=O)O)c1CNC(=O)c1cc(Br)ncc1F. The maximum absolute atomic E-state index is 13.6. The number of amides is 1. The van der Waals surface area contributed by atoms with Crippen molar-refractivity contribution in [2.75, 3.05) is 0 Å². The number of hydrogen-bond donors (Lipinski definition) is 2. The lowest BCUT2D eigenvalue weighted by molar-refractivity contribution is 0.0694. The normalized spacial score (nSPS) is 10.3. The number of benzene rings is 1. The van der Waals surface area contributed by atoms with Crippen LogP contribution in [0.3, 0.4) is 0 Å². The fourth-order valence-electron chi connectivity index (χ4n) is 1.99. The topological polar surface area (TPSA) is 79.3 Å². The van der Waals surface area contributed by atoms with Crippen molar-refractivity contribution in [2.45, 2.75) is 13.5 Å². The smallest absolute Gasteiger partial charge is 0.336 e. The van der Waals surface area contributed by atoms with Gasteiger partial charge < -0.3 is 10.4 Å². The molecular weight excluding hydrogens is 355 g/mol. The Balaban J connectivity index is 2.22. The monoisotopic (exact) mass is 366 g/mol. The molecule has 0 atom stereocenters. The third-order valence-electron chi connectivity index (χ3n) is 3.13. The van der Waals surface area contributed by atoms with Crippen LogP contribution < -0.4 is 5.32 Å². The van der Waals surface area contributed by atoms with Crippen LogP contribution in [0.5, 0.6) is 0 Å². The van der Waals surface area contributed by atoms with Crippen molar-refractivity contribution in [1.29, 1.82) is 0 Å². The van der Waals surface area contributed by atoms with Gasteiger partial charge in [0.25, 0.3) is 5.91 Å². The Labute approximate surface area is 134 Å². The van der Waals surface area contributed by atoms with Crippen molar-refractivity contribution < 1.29 is 19.1 Å². The summed E-state index contributed by atoms with van der Waals surface area (Å²) in [5.74, 6) is -2.46. The highest BCUT2D eigenvalue weighted by Gasteiger charge is 2.16. The van der Waals surface area contributed by atoms with Crippen LogP contribution in [0.25, 0.3) is 0 Å². The lowest BCUT2D eigenvalue weighted by Crippen LogP contribution is -2.25. The van der Waals surface area contributed by atoms with Gasteiger partial charge in [0.15, 0.2) is 5.82 Å². The number of carboxylic acid groups (broad SMARTS) is 1.